The van der Waals surface area contributed by atoms with Gasteiger partial charge in [-0.1, -0.05) is 19.3 Å². The van der Waals surface area contributed by atoms with E-state index < -0.39 is 0 Å². The Morgan fingerprint density at radius 1 is 1.07 bits per heavy atom. The van der Waals surface area contributed by atoms with Gasteiger partial charge in [0.05, 0.1) is 32.6 Å². The lowest BCUT2D eigenvalue weighted by atomic mass is 9.88. The van der Waals surface area contributed by atoms with E-state index in [4.69, 9.17) is 19.2 Å². The topological polar surface area (TPSA) is 76.7 Å². The smallest absolute Gasteiger partial charge is 0.255 e. The third kappa shape index (κ3) is 4.17. The summed E-state index contributed by atoms with van der Waals surface area (Å²) < 4.78 is 16.3. The molecule has 1 aliphatic carbocycles. The zero-order chi connectivity index (χ0) is 21.1. The average molecular weight is 414 g/mol. The summed E-state index contributed by atoms with van der Waals surface area (Å²) in [7, 11) is 4.84. The number of hydrogen-bond donors (Lipinski definition) is 1. The molecule has 0 amide bonds. The number of nitrogens with zero attached hydrogens (tertiary/aromatic N) is 2. The zero-order valence-corrected chi connectivity index (χ0v) is 18.1. The second kappa shape index (κ2) is 9.08. The number of benzene rings is 1. The number of rotatable bonds is 6. The summed E-state index contributed by atoms with van der Waals surface area (Å²) >= 11 is 0. The van der Waals surface area contributed by atoms with Gasteiger partial charge in [-0.05, 0) is 30.5 Å². The van der Waals surface area contributed by atoms with Crippen LogP contribution in [0.1, 0.15) is 60.7 Å². The minimum Gasteiger partial charge on any atom is -0.493 e. The van der Waals surface area contributed by atoms with Gasteiger partial charge < -0.3 is 19.2 Å². The fourth-order valence-corrected chi connectivity index (χ4v) is 4.69. The van der Waals surface area contributed by atoms with Gasteiger partial charge in [-0.15, -0.1) is 0 Å². The normalized spacial score (nSPS) is 17.4. The maximum atomic E-state index is 12.8. The molecule has 1 fully saturated rings. The second-order valence-electron chi connectivity index (χ2n) is 8.21. The average Bonchev–Trinajstić information content (AvgIpc) is 2.79. The van der Waals surface area contributed by atoms with Gasteiger partial charge in [-0.3, -0.25) is 9.69 Å². The monoisotopic (exact) mass is 413 g/mol. The van der Waals surface area contributed by atoms with Crippen molar-refractivity contribution < 1.29 is 14.2 Å². The van der Waals surface area contributed by atoms with Gasteiger partial charge in [0.2, 0.25) is 5.75 Å². The lowest BCUT2D eigenvalue weighted by Crippen LogP contribution is -2.36. The summed E-state index contributed by atoms with van der Waals surface area (Å²) in [6.07, 6.45) is 6.82. The standard InChI is InChI=1S/C23H31N3O4/c1-28-19-11-15(12-20(29-2)21(19)30-3)13-26-10-9-18-17(14-26)23(27)25-22(24-18)16-7-5-4-6-8-16/h11-12,16H,4-10,13-14H2,1-3H3,(H,24,25,27). The van der Waals surface area contributed by atoms with Crippen LogP contribution in [0.2, 0.25) is 0 Å². The number of fused-ring (bicyclic) bond motifs is 1. The van der Waals surface area contributed by atoms with Crippen LogP contribution in [0.15, 0.2) is 16.9 Å². The lowest BCUT2D eigenvalue weighted by Gasteiger charge is -2.29. The molecule has 0 atom stereocenters. The first-order valence-corrected chi connectivity index (χ1v) is 10.8. The number of aromatic amines is 1. The quantitative estimate of drug-likeness (QED) is 0.782. The van der Waals surface area contributed by atoms with Gasteiger partial charge in [0.1, 0.15) is 5.82 Å². The van der Waals surface area contributed by atoms with Crippen molar-refractivity contribution in [3.63, 3.8) is 0 Å². The minimum atomic E-state index is 0.0233. The zero-order valence-electron chi connectivity index (χ0n) is 18.1. The highest BCUT2D eigenvalue weighted by molar-refractivity contribution is 5.53. The molecule has 1 N–H and O–H groups in total. The Hall–Kier alpha value is -2.54. The highest BCUT2D eigenvalue weighted by Crippen LogP contribution is 2.38. The van der Waals surface area contributed by atoms with E-state index >= 15 is 0 Å². The van der Waals surface area contributed by atoms with Crippen LogP contribution in [-0.2, 0) is 19.5 Å². The van der Waals surface area contributed by atoms with E-state index in [0.717, 1.165) is 48.5 Å². The highest BCUT2D eigenvalue weighted by Gasteiger charge is 2.25. The Morgan fingerprint density at radius 3 is 2.40 bits per heavy atom. The van der Waals surface area contributed by atoms with Crippen molar-refractivity contribution in [2.24, 2.45) is 0 Å². The van der Waals surface area contributed by atoms with Gasteiger partial charge in [-0.2, -0.15) is 0 Å². The Balaban J connectivity index is 1.53. The molecule has 1 aromatic heterocycles. The van der Waals surface area contributed by atoms with Crippen LogP contribution in [0.3, 0.4) is 0 Å². The van der Waals surface area contributed by atoms with E-state index in [-0.39, 0.29) is 5.56 Å². The third-order valence-corrected chi connectivity index (χ3v) is 6.29. The van der Waals surface area contributed by atoms with Crippen molar-refractivity contribution in [2.45, 2.75) is 57.5 Å². The van der Waals surface area contributed by atoms with Crippen molar-refractivity contribution in [3.05, 3.63) is 45.1 Å². The van der Waals surface area contributed by atoms with E-state index in [0.29, 0.717) is 36.3 Å². The number of H-pyrrole nitrogens is 1. The van der Waals surface area contributed by atoms with Crippen LogP contribution >= 0.6 is 0 Å². The molecule has 0 spiro atoms. The largest absolute Gasteiger partial charge is 0.493 e. The van der Waals surface area contributed by atoms with Gasteiger partial charge in [0.25, 0.3) is 5.56 Å². The molecule has 0 saturated heterocycles. The van der Waals surface area contributed by atoms with Crippen molar-refractivity contribution in [1.29, 1.82) is 0 Å². The summed E-state index contributed by atoms with van der Waals surface area (Å²) in [6.45, 7) is 2.16. The molecule has 2 heterocycles. The number of methoxy groups -OCH3 is 3. The minimum absolute atomic E-state index is 0.0233. The molecule has 2 aromatic rings. The predicted octanol–water partition coefficient (Wildman–Crippen LogP) is 3.40. The summed E-state index contributed by atoms with van der Waals surface area (Å²) in [5.41, 5.74) is 2.85. The van der Waals surface area contributed by atoms with E-state index in [1.165, 1.54) is 19.3 Å². The van der Waals surface area contributed by atoms with Crippen LogP contribution < -0.4 is 19.8 Å². The van der Waals surface area contributed by atoms with Gasteiger partial charge in [0.15, 0.2) is 11.5 Å². The summed E-state index contributed by atoms with van der Waals surface area (Å²) in [5.74, 6) is 3.18. The van der Waals surface area contributed by atoms with Crippen molar-refractivity contribution >= 4 is 0 Å². The Morgan fingerprint density at radius 2 is 1.77 bits per heavy atom. The van der Waals surface area contributed by atoms with Crippen molar-refractivity contribution in [2.75, 3.05) is 27.9 Å². The van der Waals surface area contributed by atoms with Gasteiger partial charge in [-0.25, -0.2) is 4.98 Å². The number of ether oxygens (including phenoxy) is 3. The molecule has 30 heavy (non-hydrogen) atoms. The number of hydrogen-bond acceptors (Lipinski definition) is 6. The molecule has 1 aromatic carbocycles. The van der Waals surface area contributed by atoms with Crippen molar-refractivity contribution in [3.8, 4) is 17.2 Å². The Kier molecular flexibility index (Phi) is 6.27. The molecule has 0 radical (unpaired) electrons. The molecule has 7 heteroatoms. The van der Waals surface area contributed by atoms with Crippen LogP contribution in [-0.4, -0.2) is 42.7 Å². The SMILES string of the molecule is COc1cc(CN2CCc3nc(C4CCCCC4)[nH]c(=O)c3C2)cc(OC)c1OC. The maximum Gasteiger partial charge on any atom is 0.255 e. The molecule has 0 unspecified atom stereocenters. The van der Waals surface area contributed by atoms with E-state index in [1.807, 2.05) is 12.1 Å². The van der Waals surface area contributed by atoms with Crippen LogP contribution in [0.25, 0.3) is 0 Å². The molecule has 2 aliphatic rings. The van der Waals surface area contributed by atoms with E-state index in [1.54, 1.807) is 21.3 Å². The highest BCUT2D eigenvalue weighted by atomic mass is 16.5. The fraction of sp³-hybridized carbons (Fsp3) is 0.565. The van der Waals surface area contributed by atoms with Crippen LogP contribution in [0.4, 0.5) is 0 Å². The van der Waals surface area contributed by atoms with Gasteiger partial charge >= 0.3 is 0 Å². The van der Waals surface area contributed by atoms with E-state index in [9.17, 15) is 4.79 Å². The van der Waals surface area contributed by atoms with Crippen LogP contribution in [0, 0.1) is 0 Å². The molecule has 7 nitrogen and oxygen atoms in total. The van der Waals surface area contributed by atoms with Gasteiger partial charge in [0, 0.05) is 32.0 Å². The molecule has 4 rings (SSSR count). The molecule has 162 valence electrons. The third-order valence-electron chi connectivity index (χ3n) is 6.29. The maximum absolute atomic E-state index is 12.8. The fourth-order valence-electron chi connectivity index (χ4n) is 4.69. The predicted molar refractivity (Wildman–Crippen MR) is 115 cm³/mol. The molecular formula is C23H31N3O4. The molecule has 1 saturated carbocycles. The van der Waals surface area contributed by atoms with E-state index in [2.05, 4.69) is 9.88 Å². The van der Waals surface area contributed by atoms with Crippen molar-refractivity contribution in [1.82, 2.24) is 14.9 Å². The Bertz CT molecular complexity index is 925. The summed E-state index contributed by atoms with van der Waals surface area (Å²) in [5, 5.41) is 0. The number of nitrogens with one attached hydrogen (secondary N) is 1. The summed E-state index contributed by atoms with van der Waals surface area (Å²) in [4.78, 5) is 23.1. The second-order valence-corrected chi connectivity index (χ2v) is 8.21. The first-order valence-electron chi connectivity index (χ1n) is 10.8. The van der Waals surface area contributed by atoms with Crippen LogP contribution in [0.5, 0.6) is 17.2 Å². The first kappa shape index (κ1) is 20.7. The summed E-state index contributed by atoms with van der Waals surface area (Å²) in [6, 6.07) is 3.93. The first-order chi connectivity index (χ1) is 14.6. The molecule has 0 bridgehead atoms. The number of aromatic nitrogens is 2. The lowest BCUT2D eigenvalue weighted by molar-refractivity contribution is 0.239. The Labute approximate surface area is 177 Å². The molecule has 1 aliphatic heterocycles. The molecular weight excluding hydrogens is 382 g/mol.